The Kier molecular flexibility index (Phi) is 3.11. The number of para-hydroxylation sites is 1. The van der Waals surface area contributed by atoms with Crippen molar-refractivity contribution in [2.24, 2.45) is 0 Å². The van der Waals surface area contributed by atoms with Crippen LogP contribution in [0.15, 0.2) is 30.3 Å². The number of aliphatic hydroxyl groups excluding tert-OH is 1. The first kappa shape index (κ1) is 9.07. The van der Waals surface area contributed by atoms with Gasteiger partial charge in [0.1, 0.15) is 11.9 Å². The van der Waals surface area contributed by atoms with Crippen molar-refractivity contribution < 1.29 is 9.84 Å². The van der Waals surface area contributed by atoms with Crippen molar-refractivity contribution in [3.8, 4) is 5.75 Å². The van der Waals surface area contributed by atoms with Crippen LogP contribution in [0.5, 0.6) is 5.75 Å². The molecule has 2 heteroatoms. The minimum absolute atomic E-state index is 0.271. The van der Waals surface area contributed by atoms with Gasteiger partial charge in [-0.2, -0.15) is 0 Å². The molecule has 0 heterocycles. The van der Waals surface area contributed by atoms with Gasteiger partial charge in [0.15, 0.2) is 0 Å². The van der Waals surface area contributed by atoms with Crippen molar-refractivity contribution in [2.45, 2.75) is 19.1 Å². The second kappa shape index (κ2) is 4.12. The zero-order valence-electron chi connectivity index (χ0n) is 7.10. The molecule has 0 saturated carbocycles. The van der Waals surface area contributed by atoms with E-state index in [1.54, 1.807) is 6.92 Å². The molecule has 1 N–H and O–H groups in total. The summed E-state index contributed by atoms with van der Waals surface area (Å²) in [5.74, 6) is 0.757. The molecular formula is C10H13O2. The third-order valence-electron chi connectivity index (χ3n) is 1.61. The van der Waals surface area contributed by atoms with Crippen LogP contribution >= 0.6 is 0 Å². The third kappa shape index (κ3) is 2.55. The normalized spacial score (nSPS) is 15.2. The molecule has 12 heavy (non-hydrogen) atoms. The van der Waals surface area contributed by atoms with Crippen LogP contribution < -0.4 is 4.74 Å². The van der Waals surface area contributed by atoms with Crippen molar-refractivity contribution in [1.82, 2.24) is 0 Å². The Balaban J connectivity index is 2.53. The molecule has 0 aliphatic rings. The number of rotatable bonds is 3. The summed E-state index contributed by atoms with van der Waals surface area (Å²) in [7, 11) is 0. The first-order valence-corrected chi connectivity index (χ1v) is 3.93. The van der Waals surface area contributed by atoms with Crippen LogP contribution in [0.1, 0.15) is 6.92 Å². The molecule has 0 saturated heterocycles. The molecule has 0 aliphatic carbocycles. The van der Waals surface area contributed by atoms with Crippen LogP contribution in [0.3, 0.4) is 0 Å². The molecule has 1 rings (SSSR count). The number of benzene rings is 1. The summed E-state index contributed by atoms with van der Waals surface area (Å²) < 4.78 is 5.36. The van der Waals surface area contributed by atoms with Crippen LogP contribution in [0.2, 0.25) is 0 Å². The van der Waals surface area contributed by atoms with Gasteiger partial charge in [-0.05, 0) is 26.0 Å². The summed E-state index contributed by atoms with van der Waals surface area (Å²) in [5.41, 5.74) is 0. The molecule has 2 nitrogen and oxygen atoms in total. The zero-order chi connectivity index (χ0) is 8.97. The minimum atomic E-state index is -0.690. The Labute approximate surface area is 72.8 Å². The summed E-state index contributed by atoms with van der Waals surface area (Å²) in [6, 6.07) is 9.38. The Hall–Kier alpha value is -1.02. The quantitative estimate of drug-likeness (QED) is 0.738. The fourth-order valence-corrected chi connectivity index (χ4v) is 0.792. The molecule has 2 atom stereocenters. The van der Waals surface area contributed by atoms with E-state index >= 15 is 0 Å². The fraction of sp³-hybridized carbons (Fsp3) is 0.300. The second-order valence-electron chi connectivity index (χ2n) is 2.70. The molecule has 1 radical (unpaired) electrons. The highest BCUT2D eigenvalue weighted by atomic mass is 16.5. The Morgan fingerprint density at radius 2 is 1.92 bits per heavy atom. The number of aliphatic hydroxyl groups is 1. The van der Waals surface area contributed by atoms with E-state index in [1.807, 2.05) is 30.3 Å². The summed E-state index contributed by atoms with van der Waals surface area (Å²) in [5, 5.41) is 9.05. The van der Waals surface area contributed by atoms with E-state index in [9.17, 15) is 0 Å². The predicted octanol–water partition coefficient (Wildman–Crippen LogP) is 1.65. The maximum Gasteiger partial charge on any atom is 0.122 e. The molecule has 1 aromatic carbocycles. The average Bonchev–Trinajstić information content (AvgIpc) is 2.06. The van der Waals surface area contributed by atoms with Gasteiger partial charge in [-0.25, -0.2) is 0 Å². The van der Waals surface area contributed by atoms with Crippen LogP contribution in [0.4, 0.5) is 0 Å². The molecule has 0 amide bonds. The number of hydrogen-bond acceptors (Lipinski definition) is 2. The van der Waals surface area contributed by atoms with Gasteiger partial charge in [0, 0.05) is 0 Å². The van der Waals surface area contributed by atoms with Gasteiger partial charge in [0.2, 0.25) is 0 Å². The lowest BCUT2D eigenvalue weighted by atomic mass is 10.2. The van der Waals surface area contributed by atoms with Gasteiger partial charge in [0.25, 0.3) is 0 Å². The SMILES string of the molecule is [CH2]C(O)C(C)Oc1ccccc1. The topological polar surface area (TPSA) is 29.5 Å². The van der Waals surface area contributed by atoms with Crippen LogP contribution in [0.25, 0.3) is 0 Å². The van der Waals surface area contributed by atoms with Crippen molar-refractivity contribution in [1.29, 1.82) is 0 Å². The molecule has 0 spiro atoms. The van der Waals surface area contributed by atoms with E-state index < -0.39 is 6.10 Å². The number of hydrogen-bond donors (Lipinski definition) is 1. The maximum atomic E-state index is 9.05. The van der Waals surface area contributed by atoms with E-state index in [2.05, 4.69) is 6.92 Å². The summed E-state index contributed by atoms with van der Waals surface area (Å²) in [6.45, 7) is 5.25. The summed E-state index contributed by atoms with van der Waals surface area (Å²) >= 11 is 0. The fourth-order valence-electron chi connectivity index (χ4n) is 0.792. The Morgan fingerprint density at radius 3 is 2.42 bits per heavy atom. The maximum absolute atomic E-state index is 9.05. The van der Waals surface area contributed by atoms with E-state index in [-0.39, 0.29) is 6.10 Å². The molecule has 0 aromatic heterocycles. The molecule has 1 aromatic rings. The predicted molar refractivity (Wildman–Crippen MR) is 47.9 cm³/mol. The average molecular weight is 165 g/mol. The van der Waals surface area contributed by atoms with E-state index in [1.165, 1.54) is 0 Å². The lowest BCUT2D eigenvalue weighted by Gasteiger charge is -2.16. The third-order valence-corrected chi connectivity index (χ3v) is 1.61. The van der Waals surface area contributed by atoms with E-state index in [4.69, 9.17) is 9.84 Å². The first-order valence-electron chi connectivity index (χ1n) is 3.93. The lowest BCUT2D eigenvalue weighted by molar-refractivity contribution is 0.0776. The molecular weight excluding hydrogens is 152 g/mol. The molecule has 0 aliphatic heterocycles. The highest BCUT2D eigenvalue weighted by molar-refractivity contribution is 5.21. The Morgan fingerprint density at radius 1 is 1.33 bits per heavy atom. The minimum Gasteiger partial charge on any atom is -0.488 e. The van der Waals surface area contributed by atoms with Gasteiger partial charge >= 0.3 is 0 Å². The standard InChI is InChI=1S/C10H13O2/c1-8(11)9(2)12-10-6-4-3-5-7-10/h3-9,11H,1H2,2H3. The summed E-state index contributed by atoms with van der Waals surface area (Å²) in [4.78, 5) is 0. The summed E-state index contributed by atoms with van der Waals surface area (Å²) in [6.07, 6.45) is -0.961. The van der Waals surface area contributed by atoms with Crippen LogP contribution in [-0.2, 0) is 0 Å². The highest BCUT2D eigenvalue weighted by Gasteiger charge is 2.09. The van der Waals surface area contributed by atoms with Gasteiger partial charge in [-0.15, -0.1) is 0 Å². The van der Waals surface area contributed by atoms with Gasteiger partial charge in [-0.1, -0.05) is 18.2 Å². The molecule has 0 fully saturated rings. The van der Waals surface area contributed by atoms with Crippen molar-refractivity contribution in [2.75, 3.05) is 0 Å². The molecule has 2 unspecified atom stereocenters. The highest BCUT2D eigenvalue weighted by Crippen LogP contribution is 2.11. The van der Waals surface area contributed by atoms with Crippen molar-refractivity contribution in [3.63, 3.8) is 0 Å². The zero-order valence-corrected chi connectivity index (χ0v) is 7.10. The van der Waals surface area contributed by atoms with Gasteiger partial charge in [-0.3, -0.25) is 0 Å². The first-order chi connectivity index (χ1) is 5.70. The Bertz CT molecular complexity index is 219. The molecule has 0 bridgehead atoms. The number of ether oxygens (including phenoxy) is 1. The lowest BCUT2D eigenvalue weighted by Crippen LogP contribution is -2.25. The van der Waals surface area contributed by atoms with E-state index in [0.717, 1.165) is 5.75 Å². The van der Waals surface area contributed by atoms with Crippen molar-refractivity contribution in [3.05, 3.63) is 37.3 Å². The van der Waals surface area contributed by atoms with Crippen molar-refractivity contribution >= 4 is 0 Å². The van der Waals surface area contributed by atoms with E-state index in [0.29, 0.717) is 0 Å². The van der Waals surface area contributed by atoms with Crippen LogP contribution in [-0.4, -0.2) is 17.3 Å². The second-order valence-corrected chi connectivity index (χ2v) is 2.70. The smallest absolute Gasteiger partial charge is 0.122 e. The van der Waals surface area contributed by atoms with Crippen LogP contribution in [0, 0.1) is 6.92 Å². The largest absolute Gasteiger partial charge is 0.488 e. The molecule has 65 valence electrons. The van der Waals surface area contributed by atoms with Gasteiger partial charge < -0.3 is 9.84 Å². The van der Waals surface area contributed by atoms with Gasteiger partial charge in [0.05, 0.1) is 6.10 Å². The monoisotopic (exact) mass is 165 g/mol.